The van der Waals surface area contributed by atoms with Crippen LogP contribution < -0.4 is 4.74 Å². The maximum atomic E-state index is 9.73. The molecule has 0 saturated heterocycles. The molecule has 2 atom stereocenters. The van der Waals surface area contributed by atoms with Gasteiger partial charge >= 0.3 is 0 Å². The zero-order chi connectivity index (χ0) is 12.7. The van der Waals surface area contributed by atoms with Crippen LogP contribution in [0.15, 0.2) is 24.3 Å². The van der Waals surface area contributed by atoms with E-state index in [-0.39, 0.29) is 0 Å². The standard InChI is InChI=1S/C12H14BrNO3/c13-8-11(15)12(16)9-2-4-10(5-3-9)17-7-1-6-14/h2-5,11-12,15-16H,1,7-8H2. The Kier molecular flexibility index (Phi) is 5.98. The van der Waals surface area contributed by atoms with Gasteiger partial charge in [0.25, 0.3) is 0 Å². The zero-order valence-electron chi connectivity index (χ0n) is 9.21. The van der Waals surface area contributed by atoms with Crippen LogP contribution >= 0.6 is 15.9 Å². The third-order valence-corrected chi connectivity index (χ3v) is 2.89. The number of hydrogen-bond acceptors (Lipinski definition) is 4. The van der Waals surface area contributed by atoms with Crippen molar-refractivity contribution < 1.29 is 14.9 Å². The van der Waals surface area contributed by atoms with Gasteiger partial charge in [-0.3, -0.25) is 0 Å². The van der Waals surface area contributed by atoms with Crippen LogP contribution in [-0.4, -0.2) is 28.3 Å². The third-order valence-electron chi connectivity index (χ3n) is 2.23. The molecule has 0 fully saturated rings. The molecule has 1 aromatic rings. The van der Waals surface area contributed by atoms with Gasteiger partial charge in [-0.15, -0.1) is 0 Å². The predicted molar refractivity (Wildman–Crippen MR) is 66.9 cm³/mol. The first-order chi connectivity index (χ1) is 8.19. The molecule has 0 spiro atoms. The molecule has 17 heavy (non-hydrogen) atoms. The summed E-state index contributed by atoms with van der Waals surface area (Å²) < 4.78 is 5.29. The van der Waals surface area contributed by atoms with Crippen LogP contribution in [0.25, 0.3) is 0 Å². The Hall–Kier alpha value is -1.09. The molecule has 2 N–H and O–H groups in total. The Labute approximate surface area is 109 Å². The van der Waals surface area contributed by atoms with E-state index in [2.05, 4.69) is 15.9 Å². The van der Waals surface area contributed by atoms with Gasteiger partial charge in [0, 0.05) is 5.33 Å². The molecule has 0 aliphatic rings. The lowest BCUT2D eigenvalue weighted by molar-refractivity contribution is 0.0342. The Morgan fingerprint density at radius 2 is 1.94 bits per heavy atom. The largest absolute Gasteiger partial charge is 0.493 e. The quantitative estimate of drug-likeness (QED) is 0.620. The molecule has 0 radical (unpaired) electrons. The van der Waals surface area contributed by atoms with Gasteiger partial charge < -0.3 is 14.9 Å². The smallest absolute Gasteiger partial charge is 0.119 e. The highest BCUT2D eigenvalue weighted by Crippen LogP contribution is 2.21. The summed E-state index contributed by atoms with van der Waals surface area (Å²) in [6.07, 6.45) is -1.41. The number of hydrogen-bond donors (Lipinski definition) is 2. The van der Waals surface area contributed by atoms with E-state index in [0.717, 1.165) is 0 Å². The van der Waals surface area contributed by atoms with Crippen LogP contribution in [0.3, 0.4) is 0 Å². The van der Waals surface area contributed by atoms with Gasteiger partial charge in [-0.2, -0.15) is 5.26 Å². The highest BCUT2D eigenvalue weighted by atomic mass is 79.9. The van der Waals surface area contributed by atoms with Crippen molar-refractivity contribution in [2.45, 2.75) is 18.6 Å². The maximum Gasteiger partial charge on any atom is 0.119 e. The Morgan fingerprint density at radius 1 is 1.29 bits per heavy atom. The van der Waals surface area contributed by atoms with Crippen LogP contribution in [0.2, 0.25) is 0 Å². The average Bonchev–Trinajstić information content (AvgIpc) is 2.38. The van der Waals surface area contributed by atoms with Crippen molar-refractivity contribution in [1.82, 2.24) is 0 Å². The minimum Gasteiger partial charge on any atom is -0.493 e. The summed E-state index contributed by atoms with van der Waals surface area (Å²) in [4.78, 5) is 0. The normalized spacial score (nSPS) is 13.8. The second-order valence-electron chi connectivity index (χ2n) is 3.49. The summed E-state index contributed by atoms with van der Waals surface area (Å²) >= 11 is 3.10. The fraction of sp³-hybridized carbons (Fsp3) is 0.417. The van der Waals surface area contributed by atoms with E-state index in [0.29, 0.717) is 29.7 Å². The second-order valence-corrected chi connectivity index (χ2v) is 4.14. The zero-order valence-corrected chi connectivity index (χ0v) is 10.8. The average molecular weight is 300 g/mol. The van der Waals surface area contributed by atoms with E-state index in [4.69, 9.17) is 10.00 Å². The van der Waals surface area contributed by atoms with Gasteiger partial charge in [0.2, 0.25) is 0 Å². The summed E-state index contributed by atoms with van der Waals surface area (Å²) in [5.41, 5.74) is 0.629. The molecule has 5 heteroatoms. The molecule has 0 bridgehead atoms. The Bertz CT molecular complexity index is 374. The van der Waals surface area contributed by atoms with E-state index in [1.807, 2.05) is 6.07 Å². The third kappa shape index (κ3) is 4.35. The van der Waals surface area contributed by atoms with Crippen molar-refractivity contribution in [2.75, 3.05) is 11.9 Å². The monoisotopic (exact) mass is 299 g/mol. The van der Waals surface area contributed by atoms with Crippen molar-refractivity contribution in [3.05, 3.63) is 29.8 Å². The highest BCUT2D eigenvalue weighted by Gasteiger charge is 2.16. The molecule has 0 heterocycles. The van der Waals surface area contributed by atoms with Crippen molar-refractivity contribution in [3.63, 3.8) is 0 Å². The summed E-state index contributed by atoms with van der Waals surface area (Å²) in [5, 5.41) is 27.9. The molecule has 0 aliphatic carbocycles. The van der Waals surface area contributed by atoms with Crippen LogP contribution in [0.1, 0.15) is 18.1 Å². The van der Waals surface area contributed by atoms with Crippen LogP contribution in [0, 0.1) is 11.3 Å². The molecule has 92 valence electrons. The lowest BCUT2D eigenvalue weighted by Crippen LogP contribution is -2.19. The number of rotatable bonds is 6. The first-order valence-electron chi connectivity index (χ1n) is 5.21. The highest BCUT2D eigenvalue weighted by molar-refractivity contribution is 9.09. The first-order valence-corrected chi connectivity index (χ1v) is 6.33. The summed E-state index contributed by atoms with van der Waals surface area (Å²) in [6.45, 7) is 0.350. The Morgan fingerprint density at radius 3 is 2.47 bits per heavy atom. The van der Waals surface area contributed by atoms with Crippen molar-refractivity contribution >= 4 is 15.9 Å². The topological polar surface area (TPSA) is 73.5 Å². The van der Waals surface area contributed by atoms with Gasteiger partial charge in [0.05, 0.1) is 18.6 Å². The molecule has 1 aromatic carbocycles. The number of nitriles is 1. The van der Waals surface area contributed by atoms with Gasteiger partial charge in [-0.05, 0) is 17.7 Å². The fourth-order valence-electron chi connectivity index (χ4n) is 1.28. The van der Waals surface area contributed by atoms with Crippen LogP contribution in [-0.2, 0) is 0 Å². The maximum absolute atomic E-state index is 9.73. The minimum absolute atomic E-state index is 0.314. The summed E-state index contributed by atoms with van der Waals surface area (Å²) in [5.74, 6) is 0.643. The van der Waals surface area contributed by atoms with E-state index < -0.39 is 12.2 Å². The summed E-state index contributed by atoms with van der Waals surface area (Å²) in [6, 6.07) is 8.78. The predicted octanol–water partition coefficient (Wildman–Crippen LogP) is 1.77. The molecular formula is C12H14BrNO3. The molecule has 4 nitrogen and oxygen atoms in total. The van der Waals surface area contributed by atoms with E-state index >= 15 is 0 Å². The van der Waals surface area contributed by atoms with Crippen molar-refractivity contribution in [1.29, 1.82) is 5.26 Å². The number of alkyl halides is 1. The number of nitrogens with zero attached hydrogens (tertiary/aromatic N) is 1. The molecule has 0 aliphatic heterocycles. The van der Waals surface area contributed by atoms with Crippen molar-refractivity contribution in [2.24, 2.45) is 0 Å². The number of halogens is 1. The second kappa shape index (κ2) is 7.28. The number of aliphatic hydroxyl groups is 2. The molecular weight excluding hydrogens is 286 g/mol. The van der Waals surface area contributed by atoms with E-state index in [1.165, 1.54) is 0 Å². The molecule has 0 amide bonds. The Balaban J connectivity index is 2.58. The van der Waals surface area contributed by atoms with E-state index in [1.54, 1.807) is 24.3 Å². The van der Waals surface area contributed by atoms with Crippen LogP contribution in [0.5, 0.6) is 5.75 Å². The number of ether oxygens (including phenoxy) is 1. The molecule has 2 unspecified atom stereocenters. The van der Waals surface area contributed by atoms with Gasteiger partial charge in [0.15, 0.2) is 0 Å². The minimum atomic E-state index is -0.914. The van der Waals surface area contributed by atoms with E-state index in [9.17, 15) is 10.2 Å². The van der Waals surface area contributed by atoms with Crippen LogP contribution in [0.4, 0.5) is 0 Å². The lowest BCUT2D eigenvalue weighted by Gasteiger charge is -2.16. The van der Waals surface area contributed by atoms with Gasteiger partial charge in [0.1, 0.15) is 18.5 Å². The number of benzene rings is 1. The van der Waals surface area contributed by atoms with Gasteiger partial charge in [-0.25, -0.2) is 0 Å². The van der Waals surface area contributed by atoms with Gasteiger partial charge in [-0.1, -0.05) is 28.1 Å². The SMILES string of the molecule is N#CCCOc1ccc(C(O)C(O)CBr)cc1. The lowest BCUT2D eigenvalue weighted by atomic mass is 10.1. The van der Waals surface area contributed by atoms with Crippen molar-refractivity contribution in [3.8, 4) is 11.8 Å². The first kappa shape index (κ1) is 14.0. The molecule has 0 saturated carbocycles. The fourth-order valence-corrected chi connectivity index (χ4v) is 1.64. The molecule has 0 aromatic heterocycles. The summed E-state index contributed by atoms with van der Waals surface area (Å²) in [7, 11) is 0. The molecule has 1 rings (SSSR count). The number of aliphatic hydroxyl groups excluding tert-OH is 2.